The zero-order valence-corrected chi connectivity index (χ0v) is 21.9. The Morgan fingerprint density at radius 1 is 1.10 bits per heavy atom. The summed E-state index contributed by atoms with van der Waals surface area (Å²) < 4.78 is 68.6. The molecule has 0 spiro atoms. The first-order valence-corrected chi connectivity index (χ1v) is 12.8. The third-order valence-electron chi connectivity index (χ3n) is 7.22. The lowest BCUT2D eigenvalue weighted by Crippen LogP contribution is -2.46. The Bertz CT molecular complexity index is 1850. The molecule has 0 fully saturated rings. The standard InChI is InChI=1S/C29H17ClF5N5O2/c30-22-2-1-16(31)9-21(22)25-24-23(38-27(41)13-5-15(29(33,34)35)8-17(32)6-13)10-20(14-7-18(11-36)37-12-14)19-3-4-40(26(19)24)28(42)39-25/h1-2,5-10,12,25,37H,3-4H2,(H,38,41)(H,39,42). The molecule has 212 valence electrons. The van der Waals surface area contributed by atoms with Gasteiger partial charge in [-0.05, 0) is 66.1 Å². The smallest absolute Gasteiger partial charge is 0.353 e. The molecule has 6 rings (SSSR count). The van der Waals surface area contributed by atoms with Gasteiger partial charge >= 0.3 is 12.2 Å². The van der Waals surface area contributed by atoms with E-state index in [1.165, 1.54) is 11.0 Å². The predicted molar refractivity (Wildman–Crippen MR) is 143 cm³/mol. The van der Waals surface area contributed by atoms with Crippen LogP contribution in [0.5, 0.6) is 0 Å². The van der Waals surface area contributed by atoms with Gasteiger partial charge in [-0.2, -0.15) is 18.4 Å². The summed E-state index contributed by atoms with van der Waals surface area (Å²) in [7, 11) is 0. The van der Waals surface area contributed by atoms with Gasteiger partial charge in [-0.1, -0.05) is 11.6 Å². The van der Waals surface area contributed by atoms with Crippen LogP contribution >= 0.6 is 11.6 Å². The number of H-pyrrole nitrogens is 1. The average molecular weight is 598 g/mol. The molecule has 0 saturated carbocycles. The fourth-order valence-electron chi connectivity index (χ4n) is 5.42. The molecule has 42 heavy (non-hydrogen) atoms. The van der Waals surface area contributed by atoms with E-state index in [4.69, 9.17) is 11.6 Å². The highest BCUT2D eigenvalue weighted by molar-refractivity contribution is 6.31. The van der Waals surface area contributed by atoms with Gasteiger partial charge < -0.3 is 15.6 Å². The monoisotopic (exact) mass is 597 g/mol. The molecule has 1 atom stereocenters. The number of carbonyl (C=O) groups is 2. The summed E-state index contributed by atoms with van der Waals surface area (Å²) in [6.07, 6.45) is -2.94. The Labute approximate surface area is 239 Å². The number of hydrogen-bond donors (Lipinski definition) is 3. The number of halogens is 6. The van der Waals surface area contributed by atoms with E-state index in [1.807, 2.05) is 6.07 Å². The van der Waals surface area contributed by atoms with Gasteiger partial charge in [0.2, 0.25) is 0 Å². The Kier molecular flexibility index (Phi) is 6.42. The molecule has 7 nitrogen and oxygen atoms in total. The van der Waals surface area contributed by atoms with Crippen LogP contribution in [0.3, 0.4) is 0 Å². The third-order valence-corrected chi connectivity index (χ3v) is 7.57. The van der Waals surface area contributed by atoms with Crippen LogP contribution < -0.4 is 15.5 Å². The molecule has 1 unspecified atom stereocenters. The lowest BCUT2D eigenvalue weighted by molar-refractivity contribution is -0.137. The molecular formula is C29H17ClF5N5O2. The number of anilines is 2. The highest BCUT2D eigenvalue weighted by atomic mass is 35.5. The van der Waals surface area contributed by atoms with E-state index in [0.717, 1.165) is 12.1 Å². The first-order valence-electron chi connectivity index (χ1n) is 12.5. The van der Waals surface area contributed by atoms with Gasteiger partial charge in [0.25, 0.3) is 5.91 Å². The van der Waals surface area contributed by atoms with Crippen LogP contribution in [-0.2, 0) is 12.6 Å². The topological polar surface area (TPSA) is 101 Å². The van der Waals surface area contributed by atoms with E-state index in [-0.39, 0.29) is 34.6 Å². The van der Waals surface area contributed by atoms with Crippen LogP contribution in [0.1, 0.15) is 44.3 Å². The van der Waals surface area contributed by atoms with E-state index in [2.05, 4.69) is 15.6 Å². The summed E-state index contributed by atoms with van der Waals surface area (Å²) in [4.78, 5) is 30.8. The maximum absolute atomic E-state index is 14.4. The molecule has 0 aliphatic carbocycles. The lowest BCUT2D eigenvalue weighted by Gasteiger charge is -2.35. The summed E-state index contributed by atoms with van der Waals surface area (Å²) in [5.74, 6) is -2.95. The summed E-state index contributed by atoms with van der Waals surface area (Å²) in [5.41, 5.74) is 1.06. The zero-order chi connectivity index (χ0) is 29.9. The number of hydrogen-bond acceptors (Lipinski definition) is 3. The predicted octanol–water partition coefficient (Wildman–Crippen LogP) is 6.93. The molecule has 0 saturated heterocycles. The number of nitrogens with zero attached hydrogens (tertiary/aromatic N) is 2. The number of rotatable bonds is 4. The van der Waals surface area contributed by atoms with Crippen LogP contribution in [0.2, 0.25) is 5.02 Å². The lowest BCUT2D eigenvalue weighted by atomic mass is 9.88. The number of carbonyl (C=O) groups excluding carboxylic acids is 2. The van der Waals surface area contributed by atoms with E-state index >= 15 is 0 Å². The van der Waals surface area contributed by atoms with Crippen molar-refractivity contribution in [1.29, 1.82) is 5.26 Å². The molecule has 3 aromatic carbocycles. The molecule has 1 aromatic heterocycles. The maximum atomic E-state index is 14.4. The van der Waals surface area contributed by atoms with Crippen molar-refractivity contribution in [2.75, 3.05) is 16.8 Å². The second-order valence-corrected chi connectivity index (χ2v) is 10.2. The highest BCUT2D eigenvalue weighted by Crippen LogP contribution is 2.50. The minimum atomic E-state index is -4.90. The van der Waals surface area contributed by atoms with Crippen LogP contribution in [0.4, 0.5) is 38.1 Å². The van der Waals surface area contributed by atoms with E-state index in [1.54, 1.807) is 18.3 Å². The number of amides is 3. The fourth-order valence-corrected chi connectivity index (χ4v) is 5.64. The van der Waals surface area contributed by atoms with Crippen molar-refractivity contribution in [3.8, 4) is 17.2 Å². The largest absolute Gasteiger partial charge is 0.416 e. The Morgan fingerprint density at radius 2 is 1.88 bits per heavy atom. The van der Waals surface area contributed by atoms with Gasteiger partial charge in [0.1, 0.15) is 23.4 Å². The maximum Gasteiger partial charge on any atom is 0.416 e. The van der Waals surface area contributed by atoms with E-state index < -0.39 is 46.9 Å². The molecule has 3 N–H and O–H groups in total. The van der Waals surface area contributed by atoms with Crippen LogP contribution in [0.15, 0.2) is 54.7 Å². The molecule has 4 aromatic rings. The number of aromatic amines is 1. The van der Waals surface area contributed by atoms with E-state index in [0.29, 0.717) is 46.5 Å². The second-order valence-electron chi connectivity index (χ2n) is 9.76. The number of aromatic nitrogens is 1. The molecule has 2 aliphatic rings. The molecule has 2 aliphatic heterocycles. The molecule has 3 heterocycles. The molecule has 0 bridgehead atoms. The van der Waals surface area contributed by atoms with Crippen molar-refractivity contribution in [2.45, 2.75) is 18.6 Å². The van der Waals surface area contributed by atoms with Crippen molar-refractivity contribution >= 4 is 34.9 Å². The SMILES string of the molecule is N#Cc1cc(-c2cc(NC(=O)c3cc(F)cc(C(F)(F)F)c3)c3c4c2CCN4C(=O)NC3c2cc(F)ccc2Cl)c[nH]1. The summed E-state index contributed by atoms with van der Waals surface area (Å²) in [6, 6.07) is 8.61. The van der Waals surface area contributed by atoms with Gasteiger partial charge in [-0.3, -0.25) is 9.69 Å². The second kappa shape index (κ2) is 9.88. The van der Waals surface area contributed by atoms with Crippen LogP contribution in [-0.4, -0.2) is 23.5 Å². The average Bonchev–Trinajstić information content (AvgIpc) is 3.60. The number of nitrogens with one attached hydrogen (secondary N) is 3. The van der Waals surface area contributed by atoms with Gasteiger partial charge in [0.05, 0.1) is 17.3 Å². The first-order chi connectivity index (χ1) is 19.9. The Balaban J connectivity index is 1.57. The molecular weight excluding hydrogens is 581 g/mol. The molecule has 0 radical (unpaired) electrons. The molecule has 13 heteroatoms. The van der Waals surface area contributed by atoms with Crippen LogP contribution in [0.25, 0.3) is 11.1 Å². The number of urea groups is 1. The first kappa shape index (κ1) is 27.3. The van der Waals surface area contributed by atoms with Gasteiger partial charge in [0, 0.05) is 45.7 Å². The summed E-state index contributed by atoms with van der Waals surface area (Å²) in [6.45, 7) is 0.260. The summed E-state index contributed by atoms with van der Waals surface area (Å²) >= 11 is 6.41. The number of benzene rings is 3. The van der Waals surface area contributed by atoms with E-state index in [9.17, 15) is 36.8 Å². The quantitative estimate of drug-likeness (QED) is 0.222. The third kappa shape index (κ3) is 4.61. The zero-order valence-electron chi connectivity index (χ0n) is 21.2. The normalized spacial score (nSPS) is 15.7. The highest BCUT2D eigenvalue weighted by Gasteiger charge is 2.41. The minimum absolute atomic E-state index is 0.0588. The van der Waals surface area contributed by atoms with Crippen molar-refractivity contribution < 1.29 is 31.5 Å². The Morgan fingerprint density at radius 3 is 2.60 bits per heavy atom. The number of alkyl halides is 3. The fraction of sp³-hybridized carbons (Fsp3) is 0.138. The van der Waals surface area contributed by atoms with Gasteiger partial charge in [0.15, 0.2) is 0 Å². The minimum Gasteiger partial charge on any atom is -0.353 e. The van der Waals surface area contributed by atoms with Crippen molar-refractivity contribution in [2.24, 2.45) is 0 Å². The number of nitriles is 1. The van der Waals surface area contributed by atoms with Crippen molar-refractivity contribution in [3.05, 3.63) is 105 Å². The van der Waals surface area contributed by atoms with Gasteiger partial charge in [-0.25, -0.2) is 13.6 Å². The Hall–Kier alpha value is -4.89. The molecule has 3 amide bonds. The summed E-state index contributed by atoms with van der Waals surface area (Å²) in [5, 5.41) is 14.8. The van der Waals surface area contributed by atoms with Crippen molar-refractivity contribution in [3.63, 3.8) is 0 Å². The van der Waals surface area contributed by atoms with Gasteiger partial charge in [-0.15, -0.1) is 0 Å². The van der Waals surface area contributed by atoms with Crippen LogP contribution in [0, 0.1) is 23.0 Å². The van der Waals surface area contributed by atoms with Crippen molar-refractivity contribution in [1.82, 2.24) is 10.3 Å².